The quantitative estimate of drug-likeness (QED) is 0.457. The summed E-state index contributed by atoms with van der Waals surface area (Å²) in [4.78, 5) is 61.9. The minimum absolute atomic E-state index is 0.0477. The van der Waals surface area contributed by atoms with Crippen molar-refractivity contribution in [3.8, 4) is 0 Å². The molecule has 2 aromatic rings. The highest BCUT2D eigenvalue weighted by molar-refractivity contribution is 6.24. The maximum Gasteiger partial charge on any atom is 0.282 e. The second-order valence-electron chi connectivity index (χ2n) is 6.90. The first-order valence-electron chi connectivity index (χ1n) is 9.20. The van der Waals surface area contributed by atoms with Gasteiger partial charge in [-0.1, -0.05) is 6.07 Å². The maximum absolute atomic E-state index is 12.5. The van der Waals surface area contributed by atoms with Crippen molar-refractivity contribution >= 4 is 40.7 Å². The monoisotopic (exact) mass is 408 g/mol. The van der Waals surface area contributed by atoms with E-state index < -0.39 is 34.9 Å². The molecule has 0 aromatic heterocycles. The third-order valence-corrected chi connectivity index (χ3v) is 5.01. The van der Waals surface area contributed by atoms with Gasteiger partial charge in [0.05, 0.1) is 10.5 Å². The Morgan fingerprint density at radius 2 is 1.80 bits per heavy atom. The Bertz CT molecular complexity index is 1090. The van der Waals surface area contributed by atoms with Gasteiger partial charge in [0, 0.05) is 30.4 Å². The molecular formula is C20H16N4O6. The van der Waals surface area contributed by atoms with Crippen molar-refractivity contribution in [2.75, 3.05) is 23.3 Å². The Hall–Kier alpha value is -4.08. The smallest absolute Gasteiger partial charge is 0.282 e. The molecule has 2 heterocycles. The van der Waals surface area contributed by atoms with Crippen molar-refractivity contribution in [3.05, 3.63) is 63.7 Å². The number of nitrogens with zero attached hydrogens (tertiary/aromatic N) is 3. The summed E-state index contributed by atoms with van der Waals surface area (Å²) in [6, 6.07) is 10.4. The first kappa shape index (κ1) is 19.2. The fraction of sp³-hybridized carbons (Fsp3) is 0.200. The van der Waals surface area contributed by atoms with Crippen LogP contribution in [0.15, 0.2) is 42.5 Å². The van der Waals surface area contributed by atoms with Crippen LogP contribution in [0.1, 0.15) is 33.6 Å². The lowest BCUT2D eigenvalue weighted by atomic mass is 10.1. The minimum Gasteiger partial charge on any atom is -0.325 e. The molecule has 30 heavy (non-hydrogen) atoms. The number of nitrogens with one attached hydrogen (secondary N) is 1. The molecule has 152 valence electrons. The second kappa shape index (κ2) is 7.39. The summed E-state index contributed by atoms with van der Waals surface area (Å²) in [5.74, 6) is -2.21. The number of amides is 4. The molecule has 1 N–H and O–H groups in total. The number of rotatable bonds is 5. The first-order valence-corrected chi connectivity index (χ1v) is 9.20. The molecule has 4 rings (SSSR count). The van der Waals surface area contributed by atoms with Crippen LogP contribution in [0.2, 0.25) is 0 Å². The van der Waals surface area contributed by atoms with Crippen LogP contribution in [0.4, 0.5) is 17.1 Å². The van der Waals surface area contributed by atoms with Gasteiger partial charge in [0.2, 0.25) is 11.8 Å². The number of anilines is 2. The van der Waals surface area contributed by atoms with Crippen molar-refractivity contribution in [1.82, 2.24) is 4.90 Å². The summed E-state index contributed by atoms with van der Waals surface area (Å²) in [5, 5.41) is 13.7. The van der Waals surface area contributed by atoms with E-state index in [2.05, 4.69) is 5.32 Å². The molecule has 0 spiro atoms. The van der Waals surface area contributed by atoms with E-state index in [-0.39, 0.29) is 17.0 Å². The number of nitro benzene ring substituents is 1. The van der Waals surface area contributed by atoms with Gasteiger partial charge in [-0.3, -0.25) is 34.2 Å². The zero-order valence-corrected chi connectivity index (χ0v) is 15.7. The number of hydrogen-bond acceptors (Lipinski definition) is 6. The molecule has 2 aromatic carbocycles. The fourth-order valence-electron chi connectivity index (χ4n) is 3.60. The molecule has 0 bridgehead atoms. The molecule has 1 saturated heterocycles. The maximum atomic E-state index is 12.5. The Labute approximate surface area is 170 Å². The predicted octanol–water partition coefficient (Wildman–Crippen LogP) is 1.96. The standard InChI is InChI=1S/C20H16N4O6/c25-16(21-12-6-8-13(9-7-12)22-10-2-5-17(22)26)11-23-19(27)14-3-1-4-15(24(29)30)18(14)20(23)28/h1,3-4,6-9H,2,5,10-11H2,(H,21,25). The third kappa shape index (κ3) is 3.28. The zero-order chi connectivity index (χ0) is 21.4. The van der Waals surface area contributed by atoms with Crippen LogP contribution in [-0.4, -0.2) is 46.5 Å². The molecular weight excluding hydrogens is 392 g/mol. The number of imide groups is 1. The van der Waals surface area contributed by atoms with Crippen LogP contribution in [0.5, 0.6) is 0 Å². The molecule has 0 atom stereocenters. The summed E-state index contributed by atoms with van der Waals surface area (Å²) in [7, 11) is 0. The van der Waals surface area contributed by atoms with Crippen molar-refractivity contribution in [3.63, 3.8) is 0 Å². The van der Waals surface area contributed by atoms with Crippen LogP contribution in [0.3, 0.4) is 0 Å². The van der Waals surface area contributed by atoms with Crippen LogP contribution < -0.4 is 10.2 Å². The van der Waals surface area contributed by atoms with Gasteiger partial charge in [-0.25, -0.2) is 0 Å². The van der Waals surface area contributed by atoms with Crippen molar-refractivity contribution in [2.45, 2.75) is 12.8 Å². The summed E-state index contributed by atoms with van der Waals surface area (Å²) >= 11 is 0. The van der Waals surface area contributed by atoms with Crippen LogP contribution in [-0.2, 0) is 9.59 Å². The van der Waals surface area contributed by atoms with E-state index >= 15 is 0 Å². The summed E-state index contributed by atoms with van der Waals surface area (Å²) in [6.07, 6.45) is 1.31. The van der Waals surface area contributed by atoms with E-state index in [1.807, 2.05) is 0 Å². The average Bonchev–Trinajstić information content (AvgIpc) is 3.25. The summed E-state index contributed by atoms with van der Waals surface area (Å²) in [5.41, 5.74) is 0.281. The number of benzene rings is 2. The van der Waals surface area contributed by atoms with E-state index in [9.17, 15) is 29.3 Å². The Kier molecular flexibility index (Phi) is 4.74. The highest BCUT2D eigenvalue weighted by Gasteiger charge is 2.41. The van der Waals surface area contributed by atoms with Gasteiger partial charge in [-0.05, 0) is 36.8 Å². The average molecular weight is 408 g/mol. The summed E-state index contributed by atoms with van der Waals surface area (Å²) < 4.78 is 0. The van der Waals surface area contributed by atoms with E-state index in [4.69, 9.17) is 0 Å². The lowest BCUT2D eigenvalue weighted by molar-refractivity contribution is -0.385. The van der Waals surface area contributed by atoms with Crippen molar-refractivity contribution in [2.24, 2.45) is 0 Å². The summed E-state index contributed by atoms with van der Waals surface area (Å²) in [6.45, 7) is 0.0757. The number of hydrogen-bond donors (Lipinski definition) is 1. The first-order chi connectivity index (χ1) is 14.4. The third-order valence-electron chi connectivity index (χ3n) is 5.01. The Morgan fingerprint density at radius 1 is 1.07 bits per heavy atom. The Balaban J connectivity index is 1.45. The number of fused-ring (bicyclic) bond motifs is 1. The topological polar surface area (TPSA) is 130 Å². The molecule has 0 unspecified atom stereocenters. The number of carbonyl (C=O) groups is 4. The molecule has 10 heteroatoms. The lowest BCUT2D eigenvalue weighted by Gasteiger charge is -2.17. The lowest BCUT2D eigenvalue weighted by Crippen LogP contribution is -2.37. The molecule has 0 aliphatic carbocycles. The SMILES string of the molecule is O=C(CN1C(=O)c2cccc([N+](=O)[O-])c2C1=O)Nc1ccc(N2CCCC2=O)cc1. The van der Waals surface area contributed by atoms with Gasteiger partial charge in [0.1, 0.15) is 12.1 Å². The second-order valence-corrected chi connectivity index (χ2v) is 6.90. The number of nitro groups is 1. The van der Waals surface area contributed by atoms with Gasteiger partial charge in [-0.15, -0.1) is 0 Å². The molecule has 0 saturated carbocycles. The zero-order valence-electron chi connectivity index (χ0n) is 15.7. The van der Waals surface area contributed by atoms with Gasteiger partial charge in [0.15, 0.2) is 0 Å². The van der Waals surface area contributed by atoms with E-state index in [1.165, 1.54) is 12.1 Å². The van der Waals surface area contributed by atoms with E-state index in [0.29, 0.717) is 23.6 Å². The predicted molar refractivity (Wildman–Crippen MR) is 105 cm³/mol. The molecule has 1 fully saturated rings. The van der Waals surface area contributed by atoms with Crippen LogP contribution in [0, 0.1) is 10.1 Å². The van der Waals surface area contributed by atoms with E-state index in [0.717, 1.165) is 18.2 Å². The van der Waals surface area contributed by atoms with Gasteiger partial charge in [-0.2, -0.15) is 0 Å². The molecule has 4 amide bonds. The van der Waals surface area contributed by atoms with Crippen LogP contribution in [0.25, 0.3) is 0 Å². The van der Waals surface area contributed by atoms with Crippen molar-refractivity contribution in [1.29, 1.82) is 0 Å². The van der Waals surface area contributed by atoms with E-state index in [1.54, 1.807) is 29.2 Å². The fourth-order valence-corrected chi connectivity index (χ4v) is 3.60. The van der Waals surface area contributed by atoms with Crippen LogP contribution >= 0.6 is 0 Å². The Morgan fingerprint density at radius 3 is 2.43 bits per heavy atom. The van der Waals surface area contributed by atoms with Gasteiger partial charge < -0.3 is 10.2 Å². The molecule has 2 aliphatic heterocycles. The highest BCUT2D eigenvalue weighted by atomic mass is 16.6. The number of carbonyl (C=O) groups excluding carboxylic acids is 4. The largest absolute Gasteiger partial charge is 0.325 e. The van der Waals surface area contributed by atoms with Gasteiger partial charge in [0.25, 0.3) is 17.5 Å². The molecule has 2 aliphatic rings. The van der Waals surface area contributed by atoms with Crippen molar-refractivity contribution < 1.29 is 24.1 Å². The normalized spacial score (nSPS) is 15.5. The minimum atomic E-state index is -0.875. The molecule has 0 radical (unpaired) electrons. The molecule has 10 nitrogen and oxygen atoms in total. The highest BCUT2D eigenvalue weighted by Crippen LogP contribution is 2.30. The van der Waals surface area contributed by atoms with Gasteiger partial charge >= 0.3 is 0 Å².